The SMILES string of the molecule is O=[N+]([O-])c1ccc(Br)c(NS(=O)(=O)c2sccc2Br)c1. The van der Waals surface area contributed by atoms with Gasteiger partial charge >= 0.3 is 0 Å². The number of rotatable bonds is 4. The van der Waals surface area contributed by atoms with Gasteiger partial charge in [-0.1, -0.05) is 0 Å². The molecular formula is C10H6Br2N2O4S2. The first-order valence-electron chi connectivity index (χ1n) is 5.01. The smallest absolute Gasteiger partial charge is 0.272 e. The summed E-state index contributed by atoms with van der Waals surface area (Å²) in [6.45, 7) is 0. The first-order chi connectivity index (χ1) is 9.31. The zero-order valence-corrected chi connectivity index (χ0v) is 14.3. The van der Waals surface area contributed by atoms with E-state index in [0.717, 1.165) is 17.4 Å². The summed E-state index contributed by atoms with van der Waals surface area (Å²) in [5.74, 6) is 0. The molecule has 1 aromatic heterocycles. The van der Waals surface area contributed by atoms with Crippen molar-refractivity contribution in [1.82, 2.24) is 0 Å². The van der Waals surface area contributed by atoms with Crippen LogP contribution in [0.25, 0.3) is 0 Å². The quantitative estimate of drug-likeness (QED) is 0.573. The third kappa shape index (κ3) is 3.19. The molecule has 10 heteroatoms. The Morgan fingerprint density at radius 1 is 1.20 bits per heavy atom. The van der Waals surface area contributed by atoms with E-state index < -0.39 is 14.9 Å². The molecule has 1 aromatic carbocycles. The van der Waals surface area contributed by atoms with Gasteiger partial charge in [0.15, 0.2) is 4.21 Å². The summed E-state index contributed by atoms with van der Waals surface area (Å²) in [5.41, 5.74) is -0.0874. The van der Waals surface area contributed by atoms with Crippen LogP contribution in [0.5, 0.6) is 0 Å². The topological polar surface area (TPSA) is 89.3 Å². The number of sulfonamides is 1. The van der Waals surface area contributed by atoms with Gasteiger partial charge in [-0.2, -0.15) is 0 Å². The zero-order valence-electron chi connectivity index (χ0n) is 9.54. The van der Waals surface area contributed by atoms with Crippen molar-refractivity contribution in [2.45, 2.75) is 4.21 Å². The molecule has 1 heterocycles. The van der Waals surface area contributed by atoms with E-state index in [1.165, 1.54) is 12.1 Å². The van der Waals surface area contributed by atoms with E-state index in [2.05, 4.69) is 36.6 Å². The lowest BCUT2D eigenvalue weighted by Crippen LogP contribution is -2.12. The van der Waals surface area contributed by atoms with Crippen LogP contribution in [0.1, 0.15) is 0 Å². The summed E-state index contributed by atoms with van der Waals surface area (Å²) in [6, 6.07) is 5.47. The van der Waals surface area contributed by atoms with Crippen LogP contribution >= 0.6 is 43.2 Å². The van der Waals surface area contributed by atoms with Crippen LogP contribution in [0.2, 0.25) is 0 Å². The van der Waals surface area contributed by atoms with Crippen molar-refractivity contribution >= 4 is 64.6 Å². The number of nitro benzene ring substituents is 1. The lowest BCUT2D eigenvalue weighted by atomic mass is 10.3. The van der Waals surface area contributed by atoms with Gasteiger partial charge in [0.2, 0.25) is 0 Å². The van der Waals surface area contributed by atoms with Crippen LogP contribution in [-0.2, 0) is 10.0 Å². The molecule has 0 atom stereocenters. The van der Waals surface area contributed by atoms with Crippen molar-refractivity contribution in [1.29, 1.82) is 0 Å². The van der Waals surface area contributed by atoms with Gasteiger partial charge in [0, 0.05) is 21.1 Å². The molecular weight excluding hydrogens is 436 g/mol. The standard InChI is InChI=1S/C10H6Br2N2O4S2/c11-7-2-1-6(14(15)16)5-9(7)13-20(17,18)10-8(12)3-4-19-10/h1-5,13H. The Bertz CT molecular complexity index is 773. The monoisotopic (exact) mass is 440 g/mol. The average Bonchev–Trinajstić information content (AvgIpc) is 2.78. The number of non-ortho nitro benzene ring substituents is 1. The highest BCUT2D eigenvalue weighted by Crippen LogP contribution is 2.33. The van der Waals surface area contributed by atoms with E-state index in [-0.39, 0.29) is 15.6 Å². The Hall–Kier alpha value is -0.970. The maximum atomic E-state index is 12.2. The Kier molecular flexibility index (Phi) is 4.47. The van der Waals surface area contributed by atoms with Gasteiger partial charge in [0.05, 0.1) is 10.6 Å². The number of nitro groups is 1. The van der Waals surface area contributed by atoms with Crippen molar-refractivity contribution in [3.05, 3.63) is 48.7 Å². The molecule has 1 N–H and O–H groups in total. The first kappa shape index (κ1) is 15.4. The van der Waals surface area contributed by atoms with Gasteiger partial charge < -0.3 is 0 Å². The second-order valence-electron chi connectivity index (χ2n) is 3.58. The number of hydrogen-bond donors (Lipinski definition) is 1. The minimum atomic E-state index is -3.80. The second kappa shape index (κ2) is 5.80. The van der Waals surface area contributed by atoms with Crippen LogP contribution in [0.4, 0.5) is 11.4 Å². The van der Waals surface area contributed by atoms with Crippen molar-refractivity contribution < 1.29 is 13.3 Å². The number of hydrogen-bond acceptors (Lipinski definition) is 5. The summed E-state index contributed by atoms with van der Waals surface area (Å²) in [7, 11) is -3.80. The normalized spacial score (nSPS) is 11.3. The number of halogens is 2. The molecule has 6 nitrogen and oxygen atoms in total. The van der Waals surface area contributed by atoms with Crippen molar-refractivity contribution in [2.24, 2.45) is 0 Å². The minimum absolute atomic E-state index is 0.107. The Morgan fingerprint density at radius 3 is 2.45 bits per heavy atom. The third-order valence-electron chi connectivity index (χ3n) is 2.23. The van der Waals surface area contributed by atoms with Gasteiger partial charge in [-0.15, -0.1) is 11.3 Å². The van der Waals surface area contributed by atoms with E-state index in [0.29, 0.717) is 8.95 Å². The third-order valence-corrected chi connectivity index (χ3v) is 6.96. The number of nitrogens with zero attached hydrogens (tertiary/aromatic N) is 1. The highest BCUT2D eigenvalue weighted by Gasteiger charge is 2.21. The second-order valence-corrected chi connectivity index (χ2v) is 8.09. The van der Waals surface area contributed by atoms with Gasteiger partial charge in [-0.25, -0.2) is 8.42 Å². The molecule has 106 valence electrons. The Balaban J connectivity index is 2.42. The summed E-state index contributed by atoms with van der Waals surface area (Å²) >= 11 is 7.34. The van der Waals surface area contributed by atoms with Crippen molar-refractivity contribution in [2.75, 3.05) is 4.72 Å². The maximum Gasteiger partial charge on any atom is 0.272 e. The van der Waals surface area contributed by atoms with Gasteiger partial charge in [-0.3, -0.25) is 14.8 Å². The molecule has 2 aromatic rings. The van der Waals surface area contributed by atoms with Crippen molar-refractivity contribution in [3.8, 4) is 0 Å². The lowest BCUT2D eigenvalue weighted by Gasteiger charge is -2.08. The summed E-state index contributed by atoms with van der Waals surface area (Å²) in [6.07, 6.45) is 0. The minimum Gasteiger partial charge on any atom is -0.278 e. The first-order valence-corrected chi connectivity index (χ1v) is 8.96. The highest BCUT2D eigenvalue weighted by molar-refractivity contribution is 9.11. The van der Waals surface area contributed by atoms with Gasteiger partial charge in [0.25, 0.3) is 15.7 Å². The molecule has 0 aliphatic carbocycles. The molecule has 0 radical (unpaired) electrons. The molecule has 0 aliphatic rings. The predicted octanol–water partition coefficient (Wildman–Crippen LogP) is 3.98. The molecule has 0 saturated carbocycles. The Morgan fingerprint density at radius 2 is 1.90 bits per heavy atom. The fourth-order valence-electron chi connectivity index (χ4n) is 1.37. The van der Waals surface area contributed by atoms with Crippen molar-refractivity contribution in [3.63, 3.8) is 0 Å². The molecule has 0 aliphatic heterocycles. The highest BCUT2D eigenvalue weighted by atomic mass is 79.9. The van der Waals surface area contributed by atoms with E-state index in [1.807, 2.05) is 0 Å². The average molecular weight is 442 g/mol. The van der Waals surface area contributed by atoms with E-state index in [9.17, 15) is 18.5 Å². The summed E-state index contributed by atoms with van der Waals surface area (Å²) in [4.78, 5) is 10.1. The van der Waals surface area contributed by atoms with Crippen LogP contribution in [0, 0.1) is 10.1 Å². The number of benzene rings is 1. The lowest BCUT2D eigenvalue weighted by molar-refractivity contribution is -0.384. The molecule has 2 rings (SSSR count). The molecule has 0 amide bonds. The Labute approximate surface area is 135 Å². The molecule has 0 fully saturated rings. The largest absolute Gasteiger partial charge is 0.278 e. The summed E-state index contributed by atoms with van der Waals surface area (Å²) < 4.78 is 27.7. The van der Waals surface area contributed by atoms with Crippen LogP contribution in [0.15, 0.2) is 42.8 Å². The van der Waals surface area contributed by atoms with Crippen LogP contribution in [0.3, 0.4) is 0 Å². The van der Waals surface area contributed by atoms with Gasteiger partial charge in [-0.05, 0) is 49.4 Å². The maximum absolute atomic E-state index is 12.2. The molecule has 0 bridgehead atoms. The van der Waals surface area contributed by atoms with E-state index in [1.54, 1.807) is 11.4 Å². The zero-order chi connectivity index (χ0) is 14.9. The predicted molar refractivity (Wildman–Crippen MR) is 83.6 cm³/mol. The van der Waals surface area contributed by atoms with E-state index in [4.69, 9.17) is 0 Å². The molecule has 0 saturated heterocycles. The number of nitrogens with one attached hydrogen (secondary N) is 1. The van der Waals surface area contributed by atoms with Crippen LogP contribution in [-0.4, -0.2) is 13.3 Å². The fraction of sp³-hybridized carbons (Fsp3) is 0. The molecule has 0 spiro atoms. The molecule has 20 heavy (non-hydrogen) atoms. The summed E-state index contributed by atoms with van der Waals surface area (Å²) in [5, 5.41) is 12.3. The fourth-order valence-corrected chi connectivity index (χ4v) is 5.25. The van der Waals surface area contributed by atoms with Crippen LogP contribution < -0.4 is 4.72 Å². The van der Waals surface area contributed by atoms with Gasteiger partial charge in [0.1, 0.15) is 0 Å². The molecule has 0 unspecified atom stereocenters. The number of thiophene rings is 1. The number of anilines is 1. The van der Waals surface area contributed by atoms with E-state index >= 15 is 0 Å².